The number of aromatic nitrogens is 4. The number of nitrogens with zero attached hydrogens (tertiary/aromatic N) is 8. The fourth-order valence-electron chi connectivity index (χ4n) is 9.18. The fraction of sp³-hybridized carbons (Fsp3) is 0.304. The van der Waals surface area contributed by atoms with E-state index in [0.29, 0.717) is 0 Å². The summed E-state index contributed by atoms with van der Waals surface area (Å²) in [7, 11) is 0. The van der Waals surface area contributed by atoms with Gasteiger partial charge in [-0.3, -0.25) is 0 Å². The molecule has 8 nitrogen and oxygen atoms in total. The molecule has 0 radical (unpaired) electrons. The van der Waals surface area contributed by atoms with Crippen molar-refractivity contribution in [2.45, 2.75) is 77.5 Å². The first-order valence-corrected chi connectivity index (χ1v) is 21.0. The highest BCUT2D eigenvalue weighted by Gasteiger charge is 2.70. The van der Waals surface area contributed by atoms with Crippen LogP contribution in [0.4, 0.5) is 46.0 Å². The maximum Gasteiger partial charge on any atom is 0.178 e. The lowest BCUT2D eigenvalue weighted by molar-refractivity contribution is 0.502. The van der Waals surface area contributed by atoms with Gasteiger partial charge in [0.05, 0.1) is 23.8 Å². The zero-order valence-corrected chi connectivity index (χ0v) is 35.8. The molecule has 0 bridgehead atoms. The van der Waals surface area contributed by atoms with E-state index >= 15 is 0 Å². The zero-order valence-electron chi connectivity index (χ0n) is 32.6. The summed E-state index contributed by atoms with van der Waals surface area (Å²) in [5, 5.41) is 0. The van der Waals surface area contributed by atoms with Crippen LogP contribution in [0.1, 0.15) is 70.0 Å². The van der Waals surface area contributed by atoms with Gasteiger partial charge in [-0.1, -0.05) is 122 Å². The molecule has 0 saturated heterocycles. The van der Waals surface area contributed by atoms with Crippen molar-refractivity contribution in [3.8, 4) is 0 Å². The highest BCUT2D eigenvalue weighted by Crippen LogP contribution is 2.71. The second-order valence-electron chi connectivity index (χ2n) is 17.6. The third-order valence-electron chi connectivity index (χ3n) is 11.9. The highest BCUT2D eigenvalue weighted by atomic mass is 79.9. The van der Waals surface area contributed by atoms with Crippen LogP contribution in [0.2, 0.25) is 0 Å². The molecule has 5 heterocycles. The van der Waals surface area contributed by atoms with E-state index in [0.717, 1.165) is 60.7 Å². The summed E-state index contributed by atoms with van der Waals surface area (Å²) in [6.45, 7) is 15.5. The van der Waals surface area contributed by atoms with Crippen molar-refractivity contribution in [3.63, 3.8) is 0 Å². The Balaban J connectivity index is 1.23. The van der Waals surface area contributed by atoms with Gasteiger partial charge in [0.2, 0.25) is 0 Å². The smallest absolute Gasteiger partial charge is 0.178 e. The van der Waals surface area contributed by atoms with Gasteiger partial charge >= 0.3 is 0 Å². The Morgan fingerprint density at radius 2 is 0.964 bits per heavy atom. The quantitative estimate of drug-likeness (QED) is 0.174. The van der Waals surface area contributed by atoms with Crippen LogP contribution in [-0.2, 0) is 10.8 Å². The standard InChI is InChI=1S/C46H44Br2N8/c1-26-18-19-27(47)22-32(26)55-42-39(49-24-35(52-42)46(5,6)7)53(29-14-10-8-11-15-29)43(55)37-36-31-21-20-28(48)23-33(31)56-40-41(51-34(25-50-40)45(2,3)4)54(44(56)38(36)37)30-16-12-9-13-17-30/h8-25,36-38,43-44H,1-7H3. The first-order valence-electron chi connectivity index (χ1n) is 19.4. The molecular weight excluding hydrogens is 824 g/mol. The minimum atomic E-state index is -0.187. The van der Waals surface area contributed by atoms with E-state index in [2.05, 4.69) is 197 Å². The van der Waals surface area contributed by atoms with Gasteiger partial charge in [0.1, 0.15) is 12.3 Å². The lowest BCUT2D eigenvalue weighted by Gasteiger charge is -2.37. The van der Waals surface area contributed by atoms with Crippen LogP contribution in [0.15, 0.2) is 118 Å². The molecule has 3 aliphatic heterocycles. The van der Waals surface area contributed by atoms with Crippen molar-refractivity contribution in [2.24, 2.45) is 11.8 Å². The number of rotatable bonds is 4. The van der Waals surface area contributed by atoms with Gasteiger partial charge < -0.3 is 19.6 Å². The van der Waals surface area contributed by atoms with E-state index in [1.54, 1.807) is 0 Å². The molecule has 10 heteroatoms. The van der Waals surface area contributed by atoms with Crippen molar-refractivity contribution in [1.82, 2.24) is 19.9 Å². The first kappa shape index (κ1) is 35.6. The van der Waals surface area contributed by atoms with Gasteiger partial charge in [0.15, 0.2) is 23.3 Å². The molecule has 4 aliphatic rings. The largest absolute Gasteiger partial charge is 0.302 e. The van der Waals surface area contributed by atoms with Crippen LogP contribution in [0.3, 0.4) is 0 Å². The summed E-state index contributed by atoms with van der Waals surface area (Å²) in [4.78, 5) is 31.4. The third kappa shape index (κ3) is 5.42. The van der Waals surface area contributed by atoms with E-state index in [-0.39, 0.29) is 40.9 Å². The first-order chi connectivity index (χ1) is 26.8. The summed E-state index contributed by atoms with van der Waals surface area (Å²) >= 11 is 7.71. The Hall–Kier alpha value is -4.80. The molecule has 1 aliphatic carbocycles. The van der Waals surface area contributed by atoms with Gasteiger partial charge in [0.25, 0.3) is 0 Å². The van der Waals surface area contributed by atoms with Gasteiger partial charge in [-0.2, -0.15) is 0 Å². The van der Waals surface area contributed by atoms with Crippen molar-refractivity contribution in [3.05, 3.63) is 141 Å². The van der Waals surface area contributed by atoms with Crippen molar-refractivity contribution >= 4 is 77.9 Å². The van der Waals surface area contributed by atoms with Crippen LogP contribution in [0, 0.1) is 18.8 Å². The Labute approximate surface area is 345 Å². The lowest BCUT2D eigenvalue weighted by Crippen LogP contribution is -2.46. The molecule has 1 fully saturated rings. The molecule has 0 amide bonds. The molecule has 1 saturated carbocycles. The minimum absolute atomic E-state index is 0.0720. The normalized spacial score (nSPS) is 22.1. The summed E-state index contributed by atoms with van der Waals surface area (Å²) in [5.41, 5.74) is 8.58. The van der Waals surface area contributed by atoms with Crippen LogP contribution in [-0.4, -0.2) is 32.3 Å². The molecular formula is C46H44Br2N8. The topological polar surface area (TPSA) is 64.5 Å². The molecule has 282 valence electrons. The number of hydrogen-bond donors (Lipinski definition) is 0. The van der Waals surface area contributed by atoms with E-state index in [9.17, 15) is 0 Å². The Kier molecular flexibility index (Phi) is 8.01. The summed E-state index contributed by atoms with van der Waals surface area (Å²) in [6, 6.07) is 34.9. The van der Waals surface area contributed by atoms with Gasteiger partial charge in [-0.05, 0) is 72.5 Å². The second kappa shape index (κ2) is 12.6. The van der Waals surface area contributed by atoms with Crippen molar-refractivity contribution in [2.75, 3.05) is 19.6 Å². The fourth-order valence-corrected chi connectivity index (χ4v) is 9.88. The number of fused-ring (bicyclic) bond motifs is 9. The average Bonchev–Trinajstić information content (AvgIpc) is 3.67. The Morgan fingerprint density at radius 1 is 0.518 bits per heavy atom. The third-order valence-corrected chi connectivity index (χ3v) is 12.9. The number of anilines is 8. The van der Waals surface area contributed by atoms with Crippen LogP contribution in [0.25, 0.3) is 0 Å². The van der Waals surface area contributed by atoms with E-state index in [4.69, 9.17) is 19.9 Å². The SMILES string of the molecule is Cc1ccc(Br)cc1N1c2nc(C(C)(C)C)cnc2N(c2ccccc2)C1C1C2c3ccc(Br)cc3N3c4ncc(C(C)(C)C)nc4N(c4ccccc4)C3C21. The lowest BCUT2D eigenvalue weighted by atomic mass is 9.93. The van der Waals surface area contributed by atoms with Crippen molar-refractivity contribution < 1.29 is 0 Å². The van der Waals surface area contributed by atoms with Crippen LogP contribution >= 0.6 is 31.9 Å². The monoisotopic (exact) mass is 866 g/mol. The van der Waals surface area contributed by atoms with E-state index in [1.807, 2.05) is 12.4 Å². The molecule has 0 spiro atoms. The average molecular weight is 869 g/mol. The predicted octanol–water partition coefficient (Wildman–Crippen LogP) is 12.0. The highest BCUT2D eigenvalue weighted by molar-refractivity contribution is 9.10. The number of halogens is 2. The van der Waals surface area contributed by atoms with Gasteiger partial charge in [-0.25, -0.2) is 19.9 Å². The minimum Gasteiger partial charge on any atom is -0.302 e. The van der Waals surface area contributed by atoms with E-state index < -0.39 is 0 Å². The van der Waals surface area contributed by atoms with Crippen LogP contribution in [0.5, 0.6) is 0 Å². The molecule has 56 heavy (non-hydrogen) atoms. The molecule has 5 atom stereocenters. The second-order valence-corrected chi connectivity index (χ2v) is 19.4. The van der Waals surface area contributed by atoms with Gasteiger partial charge in [0, 0.05) is 54.4 Å². The summed E-state index contributed by atoms with van der Waals surface area (Å²) in [5.74, 6) is 4.13. The number of benzene rings is 4. The predicted molar refractivity (Wildman–Crippen MR) is 233 cm³/mol. The molecule has 10 rings (SSSR count). The Bertz CT molecular complexity index is 2510. The Morgan fingerprint density at radius 3 is 1.50 bits per heavy atom. The summed E-state index contributed by atoms with van der Waals surface area (Å²) in [6.07, 6.45) is 3.74. The number of hydrogen-bond acceptors (Lipinski definition) is 8. The number of aryl methyl sites for hydroxylation is 1. The molecule has 5 unspecified atom stereocenters. The molecule has 4 aromatic carbocycles. The zero-order chi connectivity index (χ0) is 38.8. The van der Waals surface area contributed by atoms with Crippen LogP contribution < -0.4 is 19.6 Å². The summed E-state index contributed by atoms with van der Waals surface area (Å²) < 4.78 is 2.07. The maximum atomic E-state index is 5.52. The number of para-hydroxylation sites is 2. The molecule has 6 aromatic rings. The molecule has 2 aromatic heterocycles. The van der Waals surface area contributed by atoms with Gasteiger partial charge in [-0.15, -0.1) is 0 Å². The van der Waals surface area contributed by atoms with E-state index in [1.165, 1.54) is 16.8 Å². The van der Waals surface area contributed by atoms with Crippen molar-refractivity contribution in [1.29, 1.82) is 0 Å². The maximum absolute atomic E-state index is 5.52. The molecule has 0 N–H and O–H groups in total.